The topological polar surface area (TPSA) is 74.4 Å². The van der Waals surface area contributed by atoms with Gasteiger partial charge in [0, 0.05) is 60.5 Å². The Labute approximate surface area is 230 Å². The van der Waals surface area contributed by atoms with Crippen molar-refractivity contribution in [3.63, 3.8) is 0 Å². The molecule has 3 aliphatic rings. The van der Waals surface area contributed by atoms with E-state index in [9.17, 15) is 18.0 Å². The van der Waals surface area contributed by atoms with Crippen LogP contribution in [0.2, 0.25) is 0 Å². The van der Waals surface area contributed by atoms with E-state index in [-0.39, 0.29) is 30.5 Å². The number of nitrogens with one attached hydrogen (secondary N) is 2. The highest BCUT2D eigenvalue weighted by atomic mass is 19.3. The van der Waals surface area contributed by atoms with Crippen LogP contribution < -0.4 is 20.3 Å². The maximum absolute atomic E-state index is 13.5. The Bertz CT molecular complexity index is 1380. The number of anilines is 2. The lowest BCUT2D eigenvalue weighted by Gasteiger charge is -2.31. The second kappa shape index (κ2) is 11.3. The van der Waals surface area contributed by atoms with Gasteiger partial charge in [0.15, 0.2) is 0 Å². The van der Waals surface area contributed by atoms with Gasteiger partial charge in [-0.05, 0) is 54.8 Å². The normalized spacial score (nSPS) is 20.6. The molecule has 0 aliphatic carbocycles. The number of carbonyl (C=O) groups is 1. The zero-order chi connectivity index (χ0) is 27.6. The van der Waals surface area contributed by atoms with E-state index < -0.39 is 6.61 Å². The molecule has 40 heavy (non-hydrogen) atoms. The van der Waals surface area contributed by atoms with Gasteiger partial charge in [0.1, 0.15) is 12.4 Å². The summed E-state index contributed by atoms with van der Waals surface area (Å²) in [5.74, 6) is -0.269. The summed E-state index contributed by atoms with van der Waals surface area (Å²) in [6.07, 6.45) is 7.88. The number of rotatable bonds is 8. The van der Waals surface area contributed by atoms with E-state index in [1.807, 2.05) is 35.3 Å². The van der Waals surface area contributed by atoms with Crippen molar-refractivity contribution in [3.05, 3.63) is 66.5 Å². The molecule has 1 aromatic heterocycles. The first-order valence-corrected chi connectivity index (χ1v) is 13.5. The average Bonchev–Trinajstić information content (AvgIpc) is 3.52. The minimum Gasteiger partial charge on any atom is -0.435 e. The number of nitrogens with zero attached hydrogens (tertiary/aromatic N) is 4. The van der Waals surface area contributed by atoms with Crippen LogP contribution in [0.25, 0.3) is 16.7 Å². The number of halogens is 3. The fraction of sp³-hybridized carbons (Fsp3) is 0.379. The van der Waals surface area contributed by atoms with E-state index in [1.54, 1.807) is 0 Å². The van der Waals surface area contributed by atoms with Crippen molar-refractivity contribution < 1.29 is 22.7 Å². The molecule has 0 bridgehead atoms. The number of benzene rings is 2. The number of alkyl halides is 3. The molecule has 1 unspecified atom stereocenters. The number of aromatic nitrogens is 2. The van der Waals surface area contributed by atoms with E-state index in [0.717, 1.165) is 54.9 Å². The van der Waals surface area contributed by atoms with Crippen molar-refractivity contribution in [3.8, 4) is 16.9 Å². The van der Waals surface area contributed by atoms with Gasteiger partial charge < -0.3 is 19.9 Å². The number of likely N-dealkylation sites (tertiary alicyclic amines) is 1. The summed E-state index contributed by atoms with van der Waals surface area (Å²) in [4.78, 5) is 17.9. The smallest absolute Gasteiger partial charge is 0.387 e. The van der Waals surface area contributed by atoms with Crippen molar-refractivity contribution in [1.82, 2.24) is 20.0 Å². The van der Waals surface area contributed by atoms with Gasteiger partial charge in [0.25, 0.3) is 5.91 Å². The molecule has 1 amide bonds. The lowest BCUT2D eigenvalue weighted by Crippen LogP contribution is -2.36. The largest absolute Gasteiger partial charge is 0.435 e. The van der Waals surface area contributed by atoms with Crippen LogP contribution in [0.4, 0.5) is 24.5 Å². The van der Waals surface area contributed by atoms with Crippen molar-refractivity contribution in [2.24, 2.45) is 0 Å². The van der Waals surface area contributed by atoms with Crippen molar-refractivity contribution in [2.75, 3.05) is 49.6 Å². The van der Waals surface area contributed by atoms with E-state index in [1.165, 1.54) is 24.3 Å². The van der Waals surface area contributed by atoms with Crippen LogP contribution in [-0.2, 0) is 4.79 Å². The van der Waals surface area contributed by atoms with Gasteiger partial charge >= 0.3 is 6.61 Å². The standard InChI is InChI=1S/C29H31F3N6O2/c30-10-14-36-12-8-22(9-13-36)38-17-20(16-34-38)19-1-6-26-25(15-19)24(7-11-33-27-18-37(26)27)28(39)35-21-2-4-23(5-3-21)40-29(31)32/h1-7,15-17,22,27,29,33H,8-14,18H2,(H,35,39)/b24-7+. The molecule has 3 aliphatic heterocycles. The second-order valence-corrected chi connectivity index (χ2v) is 10.3. The maximum Gasteiger partial charge on any atom is 0.387 e. The quantitative estimate of drug-likeness (QED) is 0.400. The Morgan fingerprint density at radius 3 is 2.67 bits per heavy atom. The van der Waals surface area contributed by atoms with E-state index in [2.05, 4.69) is 36.3 Å². The molecule has 0 radical (unpaired) electrons. The molecule has 8 nitrogen and oxygen atoms in total. The van der Waals surface area contributed by atoms with Gasteiger partial charge in [0.05, 0.1) is 24.9 Å². The predicted octanol–water partition coefficient (Wildman–Crippen LogP) is 4.53. The zero-order valence-corrected chi connectivity index (χ0v) is 21.9. The average molecular weight is 553 g/mol. The minimum atomic E-state index is -2.91. The predicted molar refractivity (Wildman–Crippen MR) is 147 cm³/mol. The number of amides is 1. The molecule has 2 N–H and O–H groups in total. The fourth-order valence-corrected chi connectivity index (χ4v) is 5.52. The summed E-state index contributed by atoms with van der Waals surface area (Å²) in [6, 6.07) is 12.3. The number of carbonyl (C=O) groups excluding carboxylic acids is 1. The summed E-state index contributed by atoms with van der Waals surface area (Å²) in [6.45, 7) is 0.375. The summed E-state index contributed by atoms with van der Waals surface area (Å²) in [5.41, 5.74) is 4.71. The first kappa shape index (κ1) is 26.4. The first-order valence-electron chi connectivity index (χ1n) is 13.5. The molecule has 4 heterocycles. The molecule has 3 aromatic rings. The molecule has 1 atom stereocenters. The minimum absolute atomic E-state index is 0.0239. The van der Waals surface area contributed by atoms with Crippen molar-refractivity contribution in [1.29, 1.82) is 0 Å². The maximum atomic E-state index is 13.5. The van der Waals surface area contributed by atoms with Crippen LogP contribution >= 0.6 is 0 Å². The molecule has 6 rings (SSSR count). The first-order chi connectivity index (χ1) is 19.5. The molecule has 11 heteroatoms. The van der Waals surface area contributed by atoms with Crippen LogP contribution in [0.1, 0.15) is 24.4 Å². The zero-order valence-electron chi connectivity index (χ0n) is 21.9. The summed E-state index contributed by atoms with van der Waals surface area (Å²) in [5, 5.41) is 10.9. The van der Waals surface area contributed by atoms with Crippen molar-refractivity contribution in [2.45, 2.75) is 31.7 Å². The number of fused-ring (bicyclic) bond motifs is 3. The number of hydrogen-bond acceptors (Lipinski definition) is 6. The number of piperidine rings is 1. The Kier molecular flexibility index (Phi) is 7.48. The number of hydrogen-bond donors (Lipinski definition) is 2. The van der Waals surface area contributed by atoms with Crippen molar-refractivity contribution >= 4 is 22.9 Å². The van der Waals surface area contributed by atoms with Crippen LogP contribution in [0.3, 0.4) is 0 Å². The highest BCUT2D eigenvalue weighted by molar-refractivity contribution is 6.26. The van der Waals surface area contributed by atoms with Crippen LogP contribution in [-0.4, -0.2) is 72.8 Å². The fourth-order valence-electron chi connectivity index (χ4n) is 5.52. The third-order valence-electron chi connectivity index (χ3n) is 7.72. The molecular formula is C29H31F3N6O2. The van der Waals surface area contributed by atoms with Crippen LogP contribution in [0.5, 0.6) is 5.75 Å². The van der Waals surface area contributed by atoms with E-state index in [0.29, 0.717) is 24.4 Å². The Hall–Kier alpha value is -3.83. The van der Waals surface area contributed by atoms with Gasteiger partial charge in [-0.2, -0.15) is 13.9 Å². The Balaban J connectivity index is 1.23. The second-order valence-electron chi connectivity index (χ2n) is 10.3. The SMILES string of the molecule is O=C(Nc1ccc(OC(F)F)cc1)/C1=C/CNC2CN2c2ccc(-c3cnn(C4CCN(CCF)CC4)c3)cc21. The third-order valence-corrected chi connectivity index (χ3v) is 7.72. The van der Waals surface area contributed by atoms with Gasteiger partial charge in [-0.15, -0.1) is 0 Å². The van der Waals surface area contributed by atoms with E-state index in [4.69, 9.17) is 0 Å². The lowest BCUT2D eigenvalue weighted by atomic mass is 9.97. The van der Waals surface area contributed by atoms with Crippen LogP contribution in [0.15, 0.2) is 60.9 Å². The van der Waals surface area contributed by atoms with Gasteiger partial charge in [-0.3, -0.25) is 14.8 Å². The molecule has 2 fully saturated rings. The Morgan fingerprint density at radius 2 is 1.93 bits per heavy atom. The molecule has 2 saturated heterocycles. The molecule has 2 aromatic carbocycles. The molecule has 0 saturated carbocycles. The molecule has 210 valence electrons. The van der Waals surface area contributed by atoms with E-state index >= 15 is 0 Å². The number of ether oxygens (including phenoxy) is 1. The monoisotopic (exact) mass is 552 g/mol. The summed E-state index contributed by atoms with van der Waals surface area (Å²) in [7, 11) is 0. The highest BCUT2D eigenvalue weighted by Crippen LogP contribution is 2.38. The lowest BCUT2D eigenvalue weighted by molar-refractivity contribution is -0.111. The van der Waals surface area contributed by atoms with Gasteiger partial charge in [-0.1, -0.05) is 12.1 Å². The van der Waals surface area contributed by atoms with Gasteiger partial charge in [-0.25, -0.2) is 4.39 Å². The highest BCUT2D eigenvalue weighted by Gasteiger charge is 2.37. The molecule has 0 spiro atoms. The van der Waals surface area contributed by atoms with Gasteiger partial charge in [0.2, 0.25) is 0 Å². The summed E-state index contributed by atoms with van der Waals surface area (Å²) >= 11 is 0. The molecular weight excluding hydrogens is 521 g/mol. The third kappa shape index (κ3) is 5.71. The Morgan fingerprint density at radius 1 is 1.12 bits per heavy atom. The summed E-state index contributed by atoms with van der Waals surface area (Å²) < 4.78 is 44.1. The van der Waals surface area contributed by atoms with Crippen LogP contribution in [0, 0.1) is 0 Å².